The van der Waals surface area contributed by atoms with Crippen molar-refractivity contribution >= 4 is 11.9 Å². The number of hydrogen-bond donors (Lipinski definition) is 1. The molecule has 0 spiro atoms. The molecule has 6 nitrogen and oxygen atoms in total. The average molecular weight is 389 g/mol. The van der Waals surface area contributed by atoms with Crippen molar-refractivity contribution in [2.24, 2.45) is 0 Å². The lowest BCUT2D eigenvalue weighted by atomic mass is 9.97. The van der Waals surface area contributed by atoms with Crippen LogP contribution in [-0.2, 0) is 9.53 Å². The Kier molecular flexibility index (Phi) is 8.85. The third-order valence-corrected chi connectivity index (χ3v) is 4.56. The monoisotopic (exact) mass is 389 g/mol. The van der Waals surface area contributed by atoms with E-state index in [-0.39, 0.29) is 5.91 Å². The Hall–Kier alpha value is -2.50. The van der Waals surface area contributed by atoms with Gasteiger partial charge in [-0.05, 0) is 71.1 Å². The molecule has 0 saturated carbocycles. The number of nitrogens with one attached hydrogen (secondary N) is 1. The number of benzene rings is 1. The first kappa shape index (κ1) is 21.8. The Morgan fingerprint density at radius 1 is 1.11 bits per heavy atom. The number of rotatable bonds is 10. The quantitative estimate of drug-likeness (QED) is 0.483. The van der Waals surface area contributed by atoms with Gasteiger partial charge in [-0.2, -0.15) is 0 Å². The van der Waals surface area contributed by atoms with Crippen LogP contribution in [0.1, 0.15) is 63.2 Å². The molecule has 0 fully saturated rings. The van der Waals surface area contributed by atoms with Crippen LogP contribution in [0, 0.1) is 0 Å². The van der Waals surface area contributed by atoms with Gasteiger partial charge in [-0.3, -0.25) is 4.79 Å². The fourth-order valence-electron chi connectivity index (χ4n) is 3.08. The van der Waals surface area contributed by atoms with Gasteiger partial charge in [0.15, 0.2) is 17.6 Å². The van der Waals surface area contributed by atoms with E-state index in [1.807, 2.05) is 13.8 Å². The van der Waals surface area contributed by atoms with Crippen molar-refractivity contribution in [2.75, 3.05) is 19.8 Å². The fourth-order valence-corrected chi connectivity index (χ4v) is 3.08. The molecule has 1 atom stereocenters. The second-order valence-corrected chi connectivity index (χ2v) is 6.72. The molecule has 0 aliphatic heterocycles. The molecule has 1 aromatic rings. The normalized spacial score (nSPS) is 14.6. The van der Waals surface area contributed by atoms with E-state index in [9.17, 15) is 9.59 Å². The first-order valence-electron chi connectivity index (χ1n) is 10.1. The lowest BCUT2D eigenvalue weighted by Gasteiger charge is -2.16. The van der Waals surface area contributed by atoms with E-state index in [2.05, 4.69) is 11.4 Å². The van der Waals surface area contributed by atoms with Crippen LogP contribution in [0.3, 0.4) is 0 Å². The maximum atomic E-state index is 12.4. The second-order valence-electron chi connectivity index (χ2n) is 6.72. The third kappa shape index (κ3) is 6.59. The van der Waals surface area contributed by atoms with Gasteiger partial charge in [0.1, 0.15) is 0 Å². The lowest BCUT2D eigenvalue weighted by molar-refractivity contribution is -0.129. The van der Waals surface area contributed by atoms with Crippen molar-refractivity contribution in [1.82, 2.24) is 5.32 Å². The maximum absolute atomic E-state index is 12.4. The molecule has 1 aliphatic carbocycles. The maximum Gasteiger partial charge on any atom is 0.339 e. The molecule has 0 unspecified atom stereocenters. The fraction of sp³-hybridized carbons (Fsp3) is 0.545. The lowest BCUT2D eigenvalue weighted by Crippen LogP contribution is -2.36. The molecule has 0 radical (unpaired) electrons. The number of esters is 1. The van der Waals surface area contributed by atoms with Crippen molar-refractivity contribution in [3.05, 3.63) is 35.4 Å². The molecular formula is C22H31NO5. The van der Waals surface area contributed by atoms with Crippen LogP contribution in [0.5, 0.6) is 11.5 Å². The van der Waals surface area contributed by atoms with Crippen LogP contribution in [0.2, 0.25) is 0 Å². The number of hydrogen-bond acceptors (Lipinski definition) is 5. The number of ether oxygens (including phenoxy) is 3. The highest BCUT2D eigenvalue weighted by Gasteiger charge is 2.20. The first-order chi connectivity index (χ1) is 13.5. The van der Waals surface area contributed by atoms with Crippen LogP contribution < -0.4 is 14.8 Å². The number of carbonyl (C=O) groups is 2. The standard InChI is InChI=1S/C22H31NO5/c1-4-26-19-12-11-18(15-20(19)27-5-2)22(25)28-16(3)21(24)23-14-13-17-9-7-6-8-10-17/h9,11-12,15-16H,4-8,10,13-14H2,1-3H3,(H,23,24)/t16-/m1/s1. The van der Waals surface area contributed by atoms with E-state index in [4.69, 9.17) is 14.2 Å². The van der Waals surface area contributed by atoms with Crippen LogP contribution >= 0.6 is 0 Å². The first-order valence-corrected chi connectivity index (χ1v) is 10.1. The Bertz CT molecular complexity index is 698. The SMILES string of the molecule is CCOc1ccc(C(=O)O[C@H](C)C(=O)NCCC2=CCCCC2)cc1OCC. The van der Waals surface area contributed by atoms with E-state index in [0.29, 0.717) is 36.8 Å². The molecule has 1 aromatic carbocycles. The highest BCUT2D eigenvalue weighted by atomic mass is 16.5. The molecule has 154 valence electrons. The van der Waals surface area contributed by atoms with E-state index >= 15 is 0 Å². The molecule has 0 bridgehead atoms. The highest BCUT2D eigenvalue weighted by Crippen LogP contribution is 2.29. The zero-order chi connectivity index (χ0) is 20.4. The molecule has 1 N–H and O–H groups in total. The molecular weight excluding hydrogens is 358 g/mol. The van der Waals surface area contributed by atoms with Crippen molar-refractivity contribution in [1.29, 1.82) is 0 Å². The summed E-state index contributed by atoms with van der Waals surface area (Å²) in [5.41, 5.74) is 1.72. The Morgan fingerprint density at radius 2 is 1.86 bits per heavy atom. The van der Waals surface area contributed by atoms with Crippen LogP contribution in [0.15, 0.2) is 29.8 Å². The summed E-state index contributed by atoms with van der Waals surface area (Å²) in [5.74, 6) is 0.197. The molecule has 28 heavy (non-hydrogen) atoms. The Balaban J connectivity index is 1.87. The molecule has 2 rings (SSSR count). The average Bonchev–Trinajstić information content (AvgIpc) is 2.70. The minimum atomic E-state index is -0.866. The molecule has 0 saturated heterocycles. The topological polar surface area (TPSA) is 73.9 Å². The minimum absolute atomic E-state index is 0.291. The smallest absolute Gasteiger partial charge is 0.339 e. The van der Waals surface area contributed by atoms with E-state index in [1.54, 1.807) is 25.1 Å². The summed E-state index contributed by atoms with van der Waals surface area (Å²) in [5, 5.41) is 2.84. The summed E-state index contributed by atoms with van der Waals surface area (Å²) in [6.45, 7) is 6.82. The molecule has 1 aliphatic rings. The van der Waals surface area contributed by atoms with E-state index in [1.165, 1.54) is 18.4 Å². The number of amides is 1. The van der Waals surface area contributed by atoms with Gasteiger partial charge in [0.25, 0.3) is 5.91 Å². The van der Waals surface area contributed by atoms with Gasteiger partial charge < -0.3 is 19.5 Å². The van der Waals surface area contributed by atoms with Crippen molar-refractivity contribution in [3.8, 4) is 11.5 Å². The highest BCUT2D eigenvalue weighted by molar-refractivity contribution is 5.92. The zero-order valence-corrected chi connectivity index (χ0v) is 17.1. The van der Waals surface area contributed by atoms with Gasteiger partial charge in [-0.25, -0.2) is 4.79 Å². The predicted molar refractivity (Wildman–Crippen MR) is 108 cm³/mol. The largest absolute Gasteiger partial charge is 0.490 e. The molecule has 6 heteroatoms. The Labute approximate surface area is 167 Å². The second kappa shape index (κ2) is 11.4. The van der Waals surface area contributed by atoms with E-state index in [0.717, 1.165) is 19.3 Å². The predicted octanol–water partition coefficient (Wildman–Crippen LogP) is 4.04. The van der Waals surface area contributed by atoms with Gasteiger partial charge in [0.05, 0.1) is 18.8 Å². The van der Waals surface area contributed by atoms with Gasteiger partial charge in [-0.15, -0.1) is 0 Å². The molecule has 0 aromatic heterocycles. The third-order valence-electron chi connectivity index (χ3n) is 4.56. The molecule has 1 amide bonds. The van der Waals surface area contributed by atoms with Gasteiger partial charge >= 0.3 is 5.97 Å². The molecule has 0 heterocycles. The summed E-state index contributed by atoms with van der Waals surface area (Å²) in [6, 6.07) is 4.86. The minimum Gasteiger partial charge on any atom is -0.490 e. The summed E-state index contributed by atoms with van der Waals surface area (Å²) < 4.78 is 16.3. The zero-order valence-electron chi connectivity index (χ0n) is 17.1. The number of allylic oxidation sites excluding steroid dienone is 1. The van der Waals surface area contributed by atoms with Gasteiger partial charge in [0.2, 0.25) is 0 Å². The van der Waals surface area contributed by atoms with Crippen LogP contribution in [-0.4, -0.2) is 37.7 Å². The van der Waals surface area contributed by atoms with Crippen molar-refractivity contribution < 1.29 is 23.8 Å². The van der Waals surface area contributed by atoms with Crippen molar-refractivity contribution in [3.63, 3.8) is 0 Å². The van der Waals surface area contributed by atoms with Crippen LogP contribution in [0.25, 0.3) is 0 Å². The summed E-state index contributed by atoms with van der Waals surface area (Å²) in [6.07, 6.45) is 6.96. The summed E-state index contributed by atoms with van der Waals surface area (Å²) >= 11 is 0. The Morgan fingerprint density at radius 3 is 2.54 bits per heavy atom. The van der Waals surface area contributed by atoms with Gasteiger partial charge in [-0.1, -0.05) is 11.6 Å². The number of carbonyl (C=O) groups excluding carboxylic acids is 2. The van der Waals surface area contributed by atoms with Gasteiger partial charge in [0, 0.05) is 6.54 Å². The summed E-state index contributed by atoms with van der Waals surface area (Å²) in [7, 11) is 0. The summed E-state index contributed by atoms with van der Waals surface area (Å²) in [4.78, 5) is 24.6. The van der Waals surface area contributed by atoms with Crippen LogP contribution in [0.4, 0.5) is 0 Å². The van der Waals surface area contributed by atoms with Crippen molar-refractivity contribution in [2.45, 2.75) is 59.0 Å². The van der Waals surface area contributed by atoms with E-state index < -0.39 is 12.1 Å².